The van der Waals surface area contributed by atoms with Crippen LogP contribution in [0.15, 0.2) is 0 Å². The molecule has 0 aromatic carbocycles. The van der Waals surface area contributed by atoms with Crippen LogP contribution in [0, 0.1) is 0 Å². The summed E-state index contributed by atoms with van der Waals surface area (Å²) in [5.74, 6) is 0. The van der Waals surface area contributed by atoms with Gasteiger partial charge >= 0.3 is 41.9 Å². The van der Waals surface area contributed by atoms with Gasteiger partial charge in [-0.2, -0.15) is 0 Å². The largest absolute Gasteiger partial charge is 2.00 e. The Balaban J connectivity index is -0.00000000450. The first-order valence-corrected chi connectivity index (χ1v) is 1.91. The van der Waals surface area contributed by atoms with Gasteiger partial charge in [-0.1, -0.05) is 26.7 Å². The maximum absolute atomic E-state index is 2.18. The van der Waals surface area contributed by atoms with Crippen molar-refractivity contribution >= 4 is 23.1 Å². The fourth-order valence-electron chi connectivity index (χ4n) is 0. The van der Waals surface area contributed by atoms with Crippen LogP contribution in [0.25, 0.3) is 0 Å². The SMILES string of the molecule is CCCC.[H-].[H-].[H-].[Li+].[Mg+2]. The van der Waals surface area contributed by atoms with E-state index < -0.39 is 0 Å². The number of unbranched alkanes of at least 4 members (excludes halogenated alkanes) is 1. The zero-order chi connectivity index (χ0) is 3.41. The second kappa shape index (κ2) is 16.2. The van der Waals surface area contributed by atoms with Gasteiger partial charge in [0.05, 0.1) is 0 Å². The minimum atomic E-state index is 0. The third kappa shape index (κ3) is 18.3. The van der Waals surface area contributed by atoms with E-state index in [0.717, 1.165) is 0 Å². The second-order valence-electron chi connectivity index (χ2n) is 1.000. The van der Waals surface area contributed by atoms with Gasteiger partial charge in [-0.25, -0.2) is 0 Å². The molecule has 0 atom stereocenters. The van der Waals surface area contributed by atoms with Gasteiger partial charge in [0, 0.05) is 0 Å². The summed E-state index contributed by atoms with van der Waals surface area (Å²) in [7, 11) is 0. The first-order valence-electron chi connectivity index (χ1n) is 1.91. The molecule has 0 nitrogen and oxygen atoms in total. The molecule has 0 heterocycles. The van der Waals surface area contributed by atoms with E-state index in [2.05, 4.69) is 13.8 Å². The molecule has 6 heavy (non-hydrogen) atoms. The van der Waals surface area contributed by atoms with Crippen LogP contribution in [0.2, 0.25) is 0 Å². The van der Waals surface area contributed by atoms with Crippen LogP contribution < -0.4 is 18.9 Å². The van der Waals surface area contributed by atoms with E-state index in [1.165, 1.54) is 12.8 Å². The van der Waals surface area contributed by atoms with Crippen LogP contribution in [0.3, 0.4) is 0 Å². The topological polar surface area (TPSA) is 0 Å². The Morgan fingerprint density at radius 1 is 1.17 bits per heavy atom. The van der Waals surface area contributed by atoms with Gasteiger partial charge in [0.1, 0.15) is 0 Å². The summed E-state index contributed by atoms with van der Waals surface area (Å²) in [4.78, 5) is 0. The molecule has 0 aliphatic rings. The smallest absolute Gasteiger partial charge is 1.00 e. The monoisotopic (exact) mass is 92.1 g/mol. The van der Waals surface area contributed by atoms with Crippen LogP contribution in [-0.4, -0.2) is 23.1 Å². The fourth-order valence-corrected chi connectivity index (χ4v) is 0. The minimum Gasteiger partial charge on any atom is -1.00 e. The Kier molecular flexibility index (Phi) is 42.2. The van der Waals surface area contributed by atoms with Crippen molar-refractivity contribution in [3.8, 4) is 0 Å². The molecular formula is C4H13LiMg. The van der Waals surface area contributed by atoms with Crippen LogP contribution in [0.5, 0.6) is 0 Å². The molecule has 0 aliphatic heterocycles. The average molecular weight is 92.4 g/mol. The molecule has 0 rings (SSSR count). The van der Waals surface area contributed by atoms with E-state index in [1.54, 1.807) is 0 Å². The number of rotatable bonds is 1. The maximum Gasteiger partial charge on any atom is 2.00 e. The first-order chi connectivity index (χ1) is 1.91. The molecule has 0 aromatic rings. The third-order valence-corrected chi connectivity index (χ3v) is 0.500. The standard InChI is InChI=1S/C4H10.Li.Mg.3H/c1-3-4-2;;;;;/h3-4H2,1-2H3;;;;;/q;+1;+2;3*-1. The summed E-state index contributed by atoms with van der Waals surface area (Å²) in [5.41, 5.74) is 0. The Labute approximate surface area is 72.9 Å². The van der Waals surface area contributed by atoms with Crippen molar-refractivity contribution in [1.29, 1.82) is 0 Å². The van der Waals surface area contributed by atoms with Crippen molar-refractivity contribution in [2.75, 3.05) is 0 Å². The van der Waals surface area contributed by atoms with Crippen molar-refractivity contribution in [2.45, 2.75) is 26.7 Å². The summed E-state index contributed by atoms with van der Waals surface area (Å²) in [6.45, 7) is 4.36. The van der Waals surface area contributed by atoms with Crippen LogP contribution >= 0.6 is 0 Å². The predicted molar refractivity (Wildman–Crippen MR) is 29.7 cm³/mol. The molecule has 2 heteroatoms. The molecule has 0 saturated carbocycles. The van der Waals surface area contributed by atoms with Crippen LogP contribution in [0.4, 0.5) is 0 Å². The van der Waals surface area contributed by atoms with Crippen molar-refractivity contribution in [3.63, 3.8) is 0 Å². The summed E-state index contributed by atoms with van der Waals surface area (Å²) < 4.78 is 0. The van der Waals surface area contributed by atoms with E-state index >= 15 is 0 Å². The normalized spacial score (nSPS) is 5.00. The van der Waals surface area contributed by atoms with Crippen molar-refractivity contribution in [2.24, 2.45) is 0 Å². The summed E-state index contributed by atoms with van der Waals surface area (Å²) in [6.07, 6.45) is 2.64. The molecule has 0 saturated heterocycles. The molecule has 0 bridgehead atoms. The maximum atomic E-state index is 2.18. The molecule has 32 valence electrons. The van der Waals surface area contributed by atoms with Crippen molar-refractivity contribution in [1.82, 2.24) is 0 Å². The van der Waals surface area contributed by atoms with Crippen LogP contribution in [-0.2, 0) is 0 Å². The fraction of sp³-hybridized carbons (Fsp3) is 1.00. The van der Waals surface area contributed by atoms with Crippen LogP contribution in [0.1, 0.15) is 31.0 Å². The first kappa shape index (κ1) is 15.7. The molecule has 0 spiro atoms. The zero-order valence-electron chi connectivity index (χ0n) is 8.12. The second-order valence-corrected chi connectivity index (χ2v) is 1.000. The van der Waals surface area contributed by atoms with E-state index in [9.17, 15) is 0 Å². The van der Waals surface area contributed by atoms with Crippen molar-refractivity contribution in [3.05, 3.63) is 0 Å². The number of hydrogen-bond donors (Lipinski definition) is 0. The number of hydrogen-bond acceptors (Lipinski definition) is 0. The summed E-state index contributed by atoms with van der Waals surface area (Å²) in [5, 5.41) is 0. The molecule has 0 radical (unpaired) electrons. The van der Waals surface area contributed by atoms with E-state index in [-0.39, 0.29) is 46.2 Å². The Bertz CT molecular complexity index is 17.8. The molecular weight excluding hydrogens is 79.3 g/mol. The third-order valence-electron chi connectivity index (χ3n) is 0.500. The average Bonchev–Trinajstić information content (AvgIpc) is 1.37. The van der Waals surface area contributed by atoms with Gasteiger partial charge in [-0.05, 0) is 0 Å². The molecule has 0 fully saturated rings. The van der Waals surface area contributed by atoms with E-state index in [4.69, 9.17) is 0 Å². The Morgan fingerprint density at radius 2 is 1.33 bits per heavy atom. The molecule has 0 amide bonds. The zero-order valence-corrected chi connectivity index (χ0v) is 6.54. The Morgan fingerprint density at radius 3 is 1.33 bits per heavy atom. The quantitative estimate of drug-likeness (QED) is 0.355. The van der Waals surface area contributed by atoms with Gasteiger partial charge in [0.2, 0.25) is 0 Å². The van der Waals surface area contributed by atoms with Gasteiger partial charge in [0.25, 0.3) is 0 Å². The predicted octanol–water partition coefficient (Wildman–Crippen LogP) is -1.23. The van der Waals surface area contributed by atoms with E-state index in [0.29, 0.717) is 0 Å². The molecule has 0 aliphatic carbocycles. The molecule has 0 aromatic heterocycles. The minimum absolute atomic E-state index is 0. The summed E-state index contributed by atoms with van der Waals surface area (Å²) >= 11 is 0. The van der Waals surface area contributed by atoms with Gasteiger partial charge in [0.15, 0.2) is 0 Å². The van der Waals surface area contributed by atoms with Gasteiger partial charge in [-0.3, -0.25) is 0 Å². The molecule has 0 N–H and O–H groups in total. The van der Waals surface area contributed by atoms with Gasteiger partial charge < -0.3 is 4.28 Å². The van der Waals surface area contributed by atoms with E-state index in [1.807, 2.05) is 0 Å². The Hall–Kier alpha value is 1.36. The van der Waals surface area contributed by atoms with Gasteiger partial charge in [-0.15, -0.1) is 0 Å². The summed E-state index contributed by atoms with van der Waals surface area (Å²) in [6, 6.07) is 0. The van der Waals surface area contributed by atoms with Crippen molar-refractivity contribution < 1.29 is 23.1 Å². The molecule has 0 unspecified atom stereocenters.